The van der Waals surface area contributed by atoms with Crippen LogP contribution in [-0.4, -0.2) is 40.4 Å². The number of rotatable bonds is 7. The average Bonchev–Trinajstić information content (AvgIpc) is 3.50. The number of hydrogen-bond acceptors (Lipinski definition) is 8. The van der Waals surface area contributed by atoms with Crippen molar-refractivity contribution in [2.45, 2.75) is 13.8 Å². The summed E-state index contributed by atoms with van der Waals surface area (Å²) in [6.07, 6.45) is 4.80. The lowest BCUT2D eigenvalue weighted by molar-refractivity contribution is -0.119. The summed E-state index contributed by atoms with van der Waals surface area (Å²) in [7, 11) is 0. The molecule has 10 heteroatoms. The van der Waals surface area contributed by atoms with E-state index in [1.54, 1.807) is 35.0 Å². The van der Waals surface area contributed by atoms with E-state index >= 15 is 0 Å². The Hall–Kier alpha value is -3.92. The number of amides is 1. The molecule has 0 unspecified atom stereocenters. The van der Waals surface area contributed by atoms with Gasteiger partial charge >= 0.3 is 11.9 Å². The summed E-state index contributed by atoms with van der Waals surface area (Å²) in [5.41, 5.74) is 2.38. The molecule has 0 fully saturated rings. The van der Waals surface area contributed by atoms with Crippen LogP contribution in [0.15, 0.2) is 52.7 Å². The topological polar surface area (TPSA) is 112 Å². The summed E-state index contributed by atoms with van der Waals surface area (Å²) in [6, 6.07) is 7.11. The molecule has 0 saturated carbocycles. The second-order valence-electron chi connectivity index (χ2n) is 6.77. The van der Waals surface area contributed by atoms with E-state index in [4.69, 9.17) is 13.9 Å². The molecule has 0 spiro atoms. The van der Waals surface area contributed by atoms with Gasteiger partial charge < -0.3 is 23.6 Å². The number of hydrogen-bond donors (Lipinski definition) is 1. The standard InChI is InChI=1S/C22H19N3O6S/c1-3-29-22(28)19-14(16-5-4-8-30-16)12-32-20(19)24-18(26)11-31-21(27)15-10-25-7-6-13(2)9-17(25)23-15/h4-10,12H,3,11H2,1-2H3,(H,24,26). The molecule has 4 aromatic rings. The van der Waals surface area contributed by atoms with E-state index in [-0.39, 0.29) is 22.9 Å². The van der Waals surface area contributed by atoms with E-state index in [0.29, 0.717) is 17.0 Å². The van der Waals surface area contributed by atoms with Gasteiger partial charge in [0.05, 0.1) is 12.9 Å². The van der Waals surface area contributed by atoms with Crippen molar-refractivity contribution in [2.24, 2.45) is 0 Å². The van der Waals surface area contributed by atoms with Gasteiger partial charge in [-0.1, -0.05) is 0 Å². The summed E-state index contributed by atoms with van der Waals surface area (Å²) < 4.78 is 17.3. The first-order valence-electron chi connectivity index (χ1n) is 9.71. The monoisotopic (exact) mass is 453 g/mol. The van der Waals surface area contributed by atoms with Crippen LogP contribution in [0.2, 0.25) is 0 Å². The lowest BCUT2D eigenvalue weighted by Gasteiger charge is -2.08. The minimum Gasteiger partial charge on any atom is -0.464 e. The first kappa shape index (κ1) is 21.3. The number of imidazole rings is 1. The number of thiophene rings is 1. The number of carbonyl (C=O) groups excluding carboxylic acids is 3. The van der Waals surface area contributed by atoms with Gasteiger partial charge in [-0.05, 0) is 43.7 Å². The molecule has 0 atom stereocenters. The molecule has 32 heavy (non-hydrogen) atoms. The molecule has 9 nitrogen and oxygen atoms in total. The zero-order valence-corrected chi connectivity index (χ0v) is 18.1. The predicted molar refractivity (Wildman–Crippen MR) is 117 cm³/mol. The number of nitrogens with one attached hydrogen (secondary N) is 1. The molecule has 4 aromatic heterocycles. The van der Waals surface area contributed by atoms with Crippen LogP contribution in [0.5, 0.6) is 0 Å². The SMILES string of the molecule is CCOC(=O)c1c(-c2ccco2)csc1NC(=O)COC(=O)c1cn2ccc(C)cc2n1. The van der Waals surface area contributed by atoms with E-state index < -0.39 is 24.5 Å². The molecule has 164 valence electrons. The normalized spacial score (nSPS) is 10.8. The zero-order chi connectivity index (χ0) is 22.7. The van der Waals surface area contributed by atoms with Crippen LogP contribution in [0.4, 0.5) is 5.00 Å². The van der Waals surface area contributed by atoms with Gasteiger partial charge in [0.15, 0.2) is 12.3 Å². The van der Waals surface area contributed by atoms with Crippen molar-refractivity contribution in [3.05, 3.63) is 65.1 Å². The maximum absolute atomic E-state index is 12.5. The minimum atomic E-state index is -0.727. The molecule has 0 aliphatic heterocycles. The average molecular weight is 453 g/mol. The number of nitrogens with zero attached hydrogens (tertiary/aromatic N) is 2. The molecule has 4 rings (SSSR count). The molecule has 0 saturated heterocycles. The van der Waals surface area contributed by atoms with Crippen LogP contribution in [-0.2, 0) is 14.3 Å². The number of ether oxygens (including phenoxy) is 2. The number of aryl methyl sites for hydroxylation is 1. The van der Waals surface area contributed by atoms with Gasteiger partial charge in [-0.15, -0.1) is 11.3 Å². The Labute approximate surface area is 186 Å². The van der Waals surface area contributed by atoms with Crippen molar-refractivity contribution in [2.75, 3.05) is 18.5 Å². The van der Waals surface area contributed by atoms with Gasteiger partial charge in [0.1, 0.15) is 22.0 Å². The van der Waals surface area contributed by atoms with E-state index in [2.05, 4.69) is 10.3 Å². The van der Waals surface area contributed by atoms with Crippen molar-refractivity contribution >= 4 is 39.8 Å². The summed E-state index contributed by atoms with van der Waals surface area (Å²) >= 11 is 1.14. The van der Waals surface area contributed by atoms with Crippen LogP contribution < -0.4 is 5.32 Å². The maximum Gasteiger partial charge on any atom is 0.359 e. The van der Waals surface area contributed by atoms with Crippen LogP contribution >= 0.6 is 11.3 Å². The van der Waals surface area contributed by atoms with Crippen LogP contribution in [0.3, 0.4) is 0 Å². The Balaban J connectivity index is 1.45. The van der Waals surface area contributed by atoms with Gasteiger partial charge in [-0.2, -0.15) is 0 Å². The summed E-state index contributed by atoms with van der Waals surface area (Å²) in [6.45, 7) is 3.25. The highest BCUT2D eigenvalue weighted by Gasteiger charge is 2.24. The van der Waals surface area contributed by atoms with Crippen LogP contribution in [0.25, 0.3) is 17.0 Å². The van der Waals surface area contributed by atoms with Crippen molar-refractivity contribution in [3.63, 3.8) is 0 Å². The Bertz CT molecular complexity index is 1290. The first-order chi connectivity index (χ1) is 15.5. The molecular formula is C22H19N3O6S. The fourth-order valence-electron chi connectivity index (χ4n) is 3.02. The molecular weight excluding hydrogens is 434 g/mol. The van der Waals surface area contributed by atoms with E-state index in [0.717, 1.165) is 16.9 Å². The Morgan fingerprint density at radius 1 is 1.22 bits per heavy atom. The summed E-state index contributed by atoms with van der Waals surface area (Å²) in [4.78, 5) is 41.4. The number of anilines is 1. The number of esters is 2. The largest absolute Gasteiger partial charge is 0.464 e. The second-order valence-corrected chi connectivity index (χ2v) is 7.65. The fourth-order valence-corrected chi connectivity index (χ4v) is 3.97. The van der Waals surface area contributed by atoms with Crippen molar-refractivity contribution in [1.29, 1.82) is 0 Å². The van der Waals surface area contributed by atoms with Crippen molar-refractivity contribution in [3.8, 4) is 11.3 Å². The van der Waals surface area contributed by atoms with E-state index in [1.165, 1.54) is 12.5 Å². The Morgan fingerprint density at radius 2 is 2.06 bits per heavy atom. The highest BCUT2D eigenvalue weighted by Crippen LogP contribution is 2.36. The highest BCUT2D eigenvalue weighted by molar-refractivity contribution is 7.15. The fraction of sp³-hybridized carbons (Fsp3) is 0.182. The Morgan fingerprint density at radius 3 is 2.81 bits per heavy atom. The smallest absolute Gasteiger partial charge is 0.359 e. The van der Waals surface area contributed by atoms with Gasteiger partial charge in [0.25, 0.3) is 5.91 Å². The molecule has 0 aromatic carbocycles. The molecule has 1 amide bonds. The van der Waals surface area contributed by atoms with Gasteiger partial charge in [0.2, 0.25) is 0 Å². The number of carbonyl (C=O) groups is 3. The maximum atomic E-state index is 12.5. The number of aromatic nitrogens is 2. The molecule has 0 radical (unpaired) electrons. The summed E-state index contributed by atoms with van der Waals surface area (Å²) in [5.74, 6) is -1.45. The van der Waals surface area contributed by atoms with E-state index in [9.17, 15) is 14.4 Å². The Kier molecular flexibility index (Phi) is 6.04. The summed E-state index contributed by atoms with van der Waals surface area (Å²) in [5, 5.41) is 4.57. The molecule has 0 aliphatic carbocycles. The highest BCUT2D eigenvalue weighted by atomic mass is 32.1. The quantitative estimate of drug-likeness (QED) is 0.422. The molecule has 0 bridgehead atoms. The van der Waals surface area contributed by atoms with Gasteiger partial charge in [-0.3, -0.25) is 4.79 Å². The van der Waals surface area contributed by atoms with Crippen LogP contribution in [0.1, 0.15) is 33.3 Å². The van der Waals surface area contributed by atoms with Crippen molar-refractivity contribution < 1.29 is 28.3 Å². The first-order valence-corrected chi connectivity index (χ1v) is 10.6. The molecule has 1 N–H and O–H groups in total. The van der Waals surface area contributed by atoms with Crippen molar-refractivity contribution in [1.82, 2.24) is 9.38 Å². The second kappa shape index (κ2) is 9.06. The number of pyridine rings is 1. The number of fused-ring (bicyclic) bond motifs is 1. The third-order valence-electron chi connectivity index (χ3n) is 4.47. The minimum absolute atomic E-state index is 0.0897. The molecule has 0 aliphatic rings. The van der Waals surface area contributed by atoms with Gasteiger partial charge in [0, 0.05) is 23.3 Å². The predicted octanol–water partition coefficient (Wildman–Crippen LogP) is 3.94. The van der Waals surface area contributed by atoms with Gasteiger partial charge in [-0.25, -0.2) is 14.6 Å². The lowest BCUT2D eigenvalue weighted by Crippen LogP contribution is -2.22. The number of furan rings is 1. The van der Waals surface area contributed by atoms with Crippen LogP contribution in [0, 0.1) is 6.92 Å². The molecule has 4 heterocycles. The third kappa shape index (κ3) is 4.40. The third-order valence-corrected chi connectivity index (χ3v) is 5.36. The van der Waals surface area contributed by atoms with E-state index in [1.807, 2.05) is 19.1 Å². The zero-order valence-electron chi connectivity index (χ0n) is 17.3. The lowest BCUT2D eigenvalue weighted by atomic mass is 10.1.